The van der Waals surface area contributed by atoms with E-state index in [-0.39, 0.29) is 23.5 Å². The molecule has 0 aliphatic carbocycles. The highest BCUT2D eigenvalue weighted by atomic mass is 19.1. The molecule has 190 valence electrons. The predicted octanol–water partition coefficient (Wildman–Crippen LogP) is 5.26. The fourth-order valence-corrected chi connectivity index (χ4v) is 4.03. The number of hydrogen-bond acceptors (Lipinski definition) is 7. The number of carbonyl (C=O) groups is 1. The molecule has 0 fully saturated rings. The highest BCUT2D eigenvalue weighted by Crippen LogP contribution is 2.42. The largest absolute Gasteiger partial charge is 0.421 e. The Kier molecular flexibility index (Phi) is 6.25. The van der Waals surface area contributed by atoms with Crippen molar-refractivity contribution in [3.63, 3.8) is 0 Å². The van der Waals surface area contributed by atoms with Crippen LogP contribution in [0.5, 0.6) is 11.8 Å². The van der Waals surface area contributed by atoms with E-state index in [1.165, 1.54) is 18.5 Å². The number of nitrogens with one attached hydrogen (secondary N) is 1. The van der Waals surface area contributed by atoms with E-state index in [1.807, 2.05) is 23.7 Å². The van der Waals surface area contributed by atoms with Crippen LogP contribution in [0.15, 0.2) is 73.3 Å². The van der Waals surface area contributed by atoms with Crippen molar-refractivity contribution in [2.45, 2.75) is 6.92 Å². The average molecular weight is 514 g/mol. The lowest BCUT2D eigenvalue weighted by Crippen LogP contribution is -2.11. The molecule has 0 unspecified atom stereocenters. The van der Waals surface area contributed by atoms with Crippen LogP contribution in [0.25, 0.3) is 33.4 Å². The number of aryl methyl sites for hydroxylation is 1. The number of fused-ring (bicyclic) bond motifs is 1. The van der Waals surface area contributed by atoms with Gasteiger partial charge in [-0.15, -0.1) is 0 Å². The third-order valence-electron chi connectivity index (χ3n) is 5.82. The van der Waals surface area contributed by atoms with Gasteiger partial charge in [-0.25, -0.2) is 28.7 Å². The summed E-state index contributed by atoms with van der Waals surface area (Å²) in [4.78, 5) is 27.9. The van der Waals surface area contributed by atoms with Crippen molar-refractivity contribution in [2.24, 2.45) is 7.05 Å². The van der Waals surface area contributed by atoms with Crippen molar-refractivity contribution in [3.05, 3.63) is 85.0 Å². The maximum atomic E-state index is 15.2. The molecule has 0 spiro atoms. The van der Waals surface area contributed by atoms with Crippen LogP contribution in [0.3, 0.4) is 0 Å². The molecular formula is C27H21F2N7O2. The van der Waals surface area contributed by atoms with Crippen molar-refractivity contribution in [2.75, 3.05) is 11.1 Å². The van der Waals surface area contributed by atoms with Crippen molar-refractivity contribution in [1.82, 2.24) is 24.5 Å². The standard InChI is InChI=1S/C27H21F2N7O2/c1-14(2)26(37)35-18-7-4-15(5-8-18)23-21(22-24(30)33-13-34-25(22)36(23)3)16-6-9-20(19(29)10-16)38-27-31-11-17(28)12-32-27/h4-13H,1H2,2-3H3,(H,35,37)(H2,30,33,34). The Morgan fingerprint density at radius 2 is 1.71 bits per heavy atom. The first-order valence-electron chi connectivity index (χ1n) is 11.3. The molecule has 3 N–H and O–H groups in total. The fraction of sp³-hybridized carbons (Fsp3) is 0.0741. The molecule has 5 aromatic rings. The number of nitrogen functional groups attached to an aromatic ring is 1. The van der Waals surface area contributed by atoms with Gasteiger partial charge in [-0.3, -0.25) is 4.79 Å². The van der Waals surface area contributed by atoms with Gasteiger partial charge in [-0.05, 0) is 42.3 Å². The quantitative estimate of drug-likeness (QED) is 0.297. The van der Waals surface area contributed by atoms with E-state index in [0.29, 0.717) is 39.1 Å². The van der Waals surface area contributed by atoms with Crippen LogP contribution in [-0.4, -0.2) is 30.4 Å². The third kappa shape index (κ3) is 4.52. The molecule has 1 amide bonds. The number of hydrogen-bond donors (Lipinski definition) is 2. The lowest BCUT2D eigenvalue weighted by atomic mass is 9.98. The third-order valence-corrected chi connectivity index (χ3v) is 5.82. The van der Waals surface area contributed by atoms with E-state index in [1.54, 1.807) is 25.1 Å². The molecule has 0 atom stereocenters. The summed E-state index contributed by atoms with van der Waals surface area (Å²) in [7, 11) is 1.82. The molecule has 3 aromatic heterocycles. The number of nitrogens with zero attached hydrogens (tertiary/aromatic N) is 5. The summed E-state index contributed by atoms with van der Waals surface area (Å²) < 4.78 is 35.5. The van der Waals surface area contributed by atoms with Crippen LogP contribution >= 0.6 is 0 Å². The van der Waals surface area contributed by atoms with Gasteiger partial charge in [0.2, 0.25) is 0 Å². The molecular weight excluding hydrogens is 492 g/mol. The van der Waals surface area contributed by atoms with Gasteiger partial charge in [0, 0.05) is 23.9 Å². The number of halogens is 2. The first-order valence-corrected chi connectivity index (χ1v) is 11.3. The van der Waals surface area contributed by atoms with E-state index in [2.05, 4.69) is 31.8 Å². The molecule has 0 radical (unpaired) electrons. The van der Waals surface area contributed by atoms with Gasteiger partial charge in [-0.2, -0.15) is 0 Å². The summed E-state index contributed by atoms with van der Waals surface area (Å²) >= 11 is 0. The van der Waals surface area contributed by atoms with Crippen molar-refractivity contribution in [3.8, 4) is 34.1 Å². The second-order valence-corrected chi connectivity index (χ2v) is 8.48. The van der Waals surface area contributed by atoms with Gasteiger partial charge in [0.1, 0.15) is 17.8 Å². The van der Waals surface area contributed by atoms with Gasteiger partial charge in [0.25, 0.3) is 5.91 Å². The van der Waals surface area contributed by atoms with Gasteiger partial charge in [0.05, 0.1) is 23.5 Å². The number of benzene rings is 2. The number of nitrogens with two attached hydrogens (primary N) is 1. The fourth-order valence-electron chi connectivity index (χ4n) is 4.03. The highest BCUT2D eigenvalue weighted by molar-refractivity contribution is 6.08. The van der Waals surface area contributed by atoms with Gasteiger partial charge in [-0.1, -0.05) is 24.8 Å². The molecule has 0 aliphatic rings. The Bertz CT molecular complexity index is 1700. The Morgan fingerprint density at radius 1 is 1.03 bits per heavy atom. The number of aromatic nitrogens is 5. The van der Waals surface area contributed by atoms with Crippen LogP contribution in [0.4, 0.5) is 20.3 Å². The maximum Gasteiger partial charge on any atom is 0.322 e. The molecule has 0 saturated carbocycles. The minimum Gasteiger partial charge on any atom is -0.421 e. The Morgan fingerprint density at radius 3 is 2.37 bits per heavy atom. The summed E-state index contributed by atoms with van der Waals surface area (Å²) in [6.07, 6.45) is 3.21. The Balaban J connectivity index is 1.60. The molecule has 3 heterocycles. The van der Waals surface area contributed by atoms with Crippen LogP contribution in [0.2, 0.25) is 0 Å². The van der Waals surface area contributed by atoms with Crippen molar-refractivity contribution >= 4 is 28.4 Å². The number of ether oxygens (including phenoxy) is 1. The normalized spacial score (nSPS) is 10.9. The molecule has 2 aromatic carbocycles. The monoisotopic (exact) mass is 513 g/mol. The van der Waals surface area contributed by atoms with E-state index >= 15 is 4.39 Å². The lowest BCUT2D eigenvalue weighted by molar-refractivity contribution is -0.112. The van der Waals surface area contributed by atoms with Crippen LogP contribution in [0, 0.1) is 11.6 Å². The second kappa shape index (κ2) is 9.69. The van der Waals surface area contributed by atoms with Crippen molar-refractivity contribution in [1.29, 1.82) is 0 Å². The van der Waals surface area contributed by atoms with E-state index in [4.69, 9.17) is 10.5 Å². The number of anilines is 2. The first kappa shape index (κ1) is 24.5. The first-order chi connectivity index (χ1) is 18.2. The van der Waals surface area contributed by atoms with E-state index in [0.717, 1.165) is 18.0 Å². The number of amides is 1. The van der Waals surface area contributed by atoms with E-state index < -0.39 is 11.6 Å². The number of carbonyl (C=O) groups excluding carboxylic acids is 1. The minimum atomic E-state index is -0.688. The molecule has 38 heavy (non-hydrogen) atoms. The van der Waals surface area contributed by atoms with E-state index in [9.17, 15) is 9.18 Å². The molecule has 0 bridgehead atoms. The summed E-state index contributed by atoms with van der Waals surface area (Å²) in [5, 5.41) is 3.33. The molecule has 5 rings (SSSR count). The topological polar surface area (TPSA) is 121 Å². The maximum absolute atomic E-state index is 15.2. The Labute approximate surface area is 215 Å². The zero-order valence-electron chi connectivity index (χ0n) is 20.4. The van der Waals surface area contributed by atoms with Crippen LogP contribution < -0.4 is 15.8 Å². The molecule has 11 heteroatoms. The average Bonchev–Trinajstić information content (AvgIpc) is 3.20. The van der Waals surface area contributed by atoms with Crippen molar-refractivity contribution < 1.29 is 18.3 Å². The zero-order valence-corrected chi connectivity index (χ0v) is 20.4. The summed E-state index contributed by atoms with van der Waals surface area (Å²) in [6, 6.07) is 11.4. The Hall–Kier alpha value is -5.19. The molecule has 0 saturated heterocycles. The van der Waals surface area contributed by atoms with Gasteiger partial charge >= 0.3 is 6.01 Å². The van der Waals surface area contributed by atoms with Crippen LogP contribution in [0.1, 0.15) is 6.92 Å². The molecule has 9 nitrogen and oxygen atoms in total. The summed E-state index contributed by atoms with van der Waals surface area (Å²) in [6.45, 7) is 5.27. The summed E-state index contributed by atoms with van der Waals surface area (Å²) in [5.74, 6) is -1.51. The lowest BCUT2D eigenvalue weighted by Gasteiger charge is -2.12. The number of rotatable bonds is 6. The summed E-state index contributed by atoms with van der Waals surface area (Å²) in [5.41, 5.74) is 10.4. The minimum absolute atomic E-state index is 0.135. The van der Waals surface area contributed by atoms with Gasteiger partial charge < -0.3 is 20.4 Å². The SMILES string of the molecule is C=C(C)C(=O)Nc1ccc(-c2c(-c3ccc(Oc4ncc(F)cn4)c(F)c3)c3c(N)ncnc3n2C)cc1. The zero-order chi connectivity index (χ0) is 27.0. The second-order valence-electron chi connectivity index (χ2n) is 8.48. The van der Waals surface area contributed by atoms with Crippen LogP contribution in [-0.2, 0) is 11.8 Å². The molecule has 0 aliphatic heterocycles. The van der Waals surface area contributed by atoms with Gasteiger partial charge in [0.15, 0.2) is 17.4 Å². The smallest absolute Gasteiger partial charge is 0.322 e. The predicted molar refractivity (Wildman–Crippen MR) is 139 cm³/mol. The highest BCUT2D eigenvalue weighted by Gasteiger charge is 2.23.